The van der Waals surface area contributed by atoms with Crippen molar-refractivity contribution in [3.63, 3.8) is 0 Å². The summed E-state index contributed by atoms with van der Waals surface area (Å²) in [6, 6.07) is 10.2. The highest BCUT2D eigenvalue weighted by atomic mass is 16.5. The number of amides is 1. The fourth-order valence-corrected chi connectivity index (χ4v) is 3.22. The summed E-state index contributed by atoms with van der Waals surface area (Å²) in [5.41, 5.74) is 0.621. The zero-order valence-electron chi connectivity index (χ0n) is 13.1. The van der Waals surface area contributed by atoms with Crippen LogP contribution in [-0.2, 0) is 0 Å². The number of carbonyl (C=O) groups is 1. The van der Waals surface area contributed by atoms with E-state index in [2.05, 4.69) is 11.0 Å². The van der Waals surface area contributed by atoms with Crippen molar-refractivity contribution in [2.75, 3.05) is 19.6 Å². The van der Waals surface area contributed by atoms with Crippen molar-refractivity contribution in [2.24, 2.45) is 0 Å². The van der Waals surface area contributed by atoms with E-state index in [4.69, 9.17) is 4.74 Å². The molecule has 5 nitrogen and oxygen atoms in total. The molecule has 2 saturated carbocycles. The molecule has 0 bridgehead atoms. The third-order valence-electron chi connectivity index (χ3n) is 4.81. The predicted octanol–water partition coefficient (Wildman–Crippen LogP) is 2.04. The number of hydrogen-bond donors (Lipinski definition) is 0. The molecule has 4 rings (SSSR count). The van der Waals surface area contributed by atoms with E-state index in [9.17, 15) is 10.1 Å². The van der Waals surface area contributed by atoms with E-state index >= 15 is 0 Å². The highest BCUT2D eigenvalue weighted by Crippen LogP contribution is 2.32. The van der Waals surface area contributed by atoms with Gasteiger partial charge >= 0.3 is 0 Å². The summed E-state index contributed by atoms with van der Waals surface area (Å²) in [6.45, 7) is 1.97. The summed E-state index contributed by atoms with van der Waals surface area (Å²) < 4.78 is 5.87. The molecular weight excluding hydrogens is 290 g/mol. The maximum atomic E-state index is 12.9. The van der Waals surface area contributed by atoms with Crippen LogP contribution in [0.25, 0.3) is 0 Å². The lowest BCUT2D eigenvalue weighted by Crippen LogP contribution is -2.54. The van der Waals surface area contributed by atoms with Crippen LogP contribution in [0.15, 0.2) is 24.3 Å². The second-order valence-corrected chi connectivity index (χ2v) is 6.68. The molecule has 0 aromatic heterocycles. The second-order valence-electron chi connectivity index (χ2n) is 6.68. The number of rotatable bonds is 4. The number of nitrogens with zero attached hydrogens (tertiary/aromatic N) is 3. The molecule has 0 radical (unpaired) electrons. The van der Waals surface area contributed by atoms with Gasteiger partial charge in [0, 0.05) is 25.7 Å². The molecule has 1 atom stereocenters. The highest BCUT2D eigenvalue weighted by molar-refractivity contribution is 5.97. The molecule has 5 heteroatoms. The minimum Gasteiger partial charge on any atom is -0.490 e. The Morgan fingerprint density at radius 3 is 2.65 bits per heavy atom. The number of benzene rings is 1. The van der Waals surface area contributed by atoms with E-state index in [0.29, 0.717) is 30.4 Å². The summed E-state index contributed by atoms with van der Waals surface area (Å²) in [6.07, 6.45) is 4.77. The largest absolute Gasteiger partial charge is 0.490 e. The Labute approximate surface area is 136 Å². The highest BCUT2D eigenvalue weighted by Gasteiger charge is 2.39. The molecule has 3 aliphatic rings. The summed E-state index contributed by atoms with van der Waals surface area (Å²) in [7, 11) is 0. The summed E-state index contributed by atoms with van der Waals surface area (Å²) in [5, 5.41) is 9.44. The zero-order valence-corrected chi connectivity index (χ0v) is 13.1. The van der Waals surface area contributed by atoms with Gasteiger partial charge in [0.05, 0.1) is 17.7 Å². The number of nitriles is 1. The van der Waals surface area contributed by atoms with Crippen LogP contribution in [0.2, 0.25) is 0 Å². The molecule has 1 saturated heterocycles. The topological polar surface area (TPSA) is 56.6 Å². The van der Waals surface area contributed by atoms with E-state index in [1.807, 2.05) is 29.2 Å². The van der Waals surface area contributed by atoms with Crippen LogP contribution in [-0.4, -0.2) is 53.5 Å². The summed E-state index contributed by atoms with van der Waals surface area (Å²) in [5.74, 6) is 0.662. The van der Waals surface area contributed by atoms with Gasteiger partial charge in [-0.2, -0.15) is 5.26 Å². The van der Waals surface area contributed by atoms with E-state index in [1.165, 1.54) is 12.8 Å². The lowest BCUT2D eigenvalue weighted by Gasteiger charge is -2.38. The van der Waals surface area contributed by atoms with Crippen LogP contribution >= 0.6 is 0 Å². The normalized spacial score (nSPS) is 25.0. The maximum absolute atomic E-state index is 12.9. The van der Waals surface area contributed by atoms with Crippen LogP contribution in [0.4, 0.5) is 0 Å². The number of para-hydroxylation sites is 1. The standard InChI is InChI=1S/C18H21N3O2/c19-11-14-12-20(9-10-21(14)13-5-6-13)18(22)16-3-1-2-4-17(16)23-15-7-8-15/h1-4,13-15H,5-10,12H2. The number of piperazine rings is 1. The van der Waals surface area contributed by atoms with Gasteiger partial charge in [0.25, 0.3) is 5.91 Å². The molecule has 1 unspecified atom stereocenters. The molecule has 0 spiro atoms. The van der Waals surface area contributed by atoms with E-state index in [1.54, 1.807) is 0 Å². The van der Waals surface area contributed by atoms with Gasteiger partial charge in [-0.3, -0.25) is 9.69 Å². The molecule has 1 aromatic carbocycles. The van der Waals surface area contributed by atoms with Gasteiger partial charge in [-0.05, 0) is 37.8 Å². The lowest BCUT2D eigenvalue weighted by molar-refractivity contribution is 0.0546. The Hall–Kier alpha value is -2.06. The third kappa shape index (κ3) is 3.04. The minimum absolute atomic E-state index is 0.0167. The van der Waals surface area contributed by atoms with E-state index in [-0.39, 0.29) is 18.1 Å². The Balaban J connectivity index is 1.49. The van der Waals surface area contributed by atoms with Crippen molar-refractivity contribution < 1.29 is 9.53 Å². The van der Waals surface area contributed by atoms with E-state index < -0.39 is 0 Å². The third-order valence-corrected chi connectivity index (χ3v) is 4.81. The molecule has 23 heavy (non-hydrogen) atoms. The van der Waals surface area contributed by atoms with Gasteiger partial charge in [0.1, 0.15) is 11.8 Å². The van der Waals surface area contributed by atoms with Gasteiger partial charge in [-0.1, -0.05) is 12.1 Å². The Morgan fingerprint density at radius 2 is 1.96 bits per heavy atom. The summed E-state index contributed by atoms with van der Waals surface area (Å²) >= 11 is 0. The van der Waals surface area contributed by atoms with Gasteiger partial charge in [-0.25, -0.2) is 0 Å². The fourth-order valence-electron chi connectivity index (χ4n) is 3.22. The van der Waals surface area contributed by atoms with Crippen molar-refractivity contribution in [1.29, 1.82) is 5.26 Å². The molecule has 0 N–H and O–H groups in total. The minimum atomic E-state index is -0.184. The lowest BCUT2D eigenvalue weighted by atomic mass is 10.1. The van der Waals surface area contributed by atoms with Crippen molar-refractivity contribution in [3.8, 4) is 11.8 Å². The average Bonchev–Trinajstić information content (AvgIpc) is 3.47. The maximum Gasteiger partial charge on any atom is 0.257 e. The average molecular weight is 311 g/mol. The number of carbonyl (C=O) groups excluding carboxylic acids is 1. The summed E-state index contributed by atoms with van der Waals surface area (Å²) in [4.78, 5) is 17.0. The molecule has 2 aliphatic carbocycles. The monoisotopic (exact) mass is 311 g/mol. The molecule has 3 fully saturated rings. The Kier molecular flexibility index (Phi) is 3.70. The molecule has 1 aromatic rings. The molecular formula is C18H21N3O2. The quantitative estimate of drug-likeness (QED) is 0.854. The first-order valence-corrected chi connectivity index (χ1v) is 8.46. The first-order chi connectivity index (χ1) is 11.3. The number of hydrogen-bond acceptors (Lipinski definition) is 4. The number of ether oxygens (including phenoxy) is 1. The van der Waals surface area contributed by atoms with E-state index in [0.717, 1.165) is 19.4 Å². The first-order valence-electron chi connectivity index (χ1n) is 8.46. The Bertz CT molecular complexity index is 646. The zero-order chi connectivity index (χ0) is 15.8. The van der Waals surface area contributed by atoms with Crippen LogP contribution < -0.4 is 4.74 Å². The van der Waals surface area contributed by atoms with Crippen molar-refractivity contribution in [3.05, 3.63) is 29.8 Å². The van der Waals surface area contributed by atoms with Gasteiger partial charge in [-0.15, -0.1) is 0 Å². The van der Waals surface area contributed by atoms with Crippen molar-refractivity contribution in [1.82, 2.24) is 9.80 Å². The molecule has 1 amide bonds. The van der Waals surface area contributed by atoms with Gasteiger partial charge < -0.3 is 9.64 Å². The van der Waals surface area contributed by atoms with Crippen LogP contribution in [0.3, 0.4) is 0 Å². The predicted molar refractivity (Wildman–Crippen MR) is 85.1 cm³/mol. The van der Waals surface area contributed by atoms with Gasteiger partial charge in [0.15, 0.2) is 0 Å². The molecule has 120 valence electrons. The second kappa shape index (κ2) is 5.86. The van der Waals surface area contributed by atoms with Crippen molar-refractivity contribution in [2.45, 2.75) is 43.9 Å². The van der Waals surface area contributed by atoms with Crippen LogP contribution in [0, 0.1) is 11.3 Å². The van der Waals surface area contributed by atoms with Crippen LogP contribution in [0.1, 0.15) is 36.0 Å². The molecule has 1 heterocycles. The van der Waals surface area contributed by atoms with Gasteiger partial charge in [0.2, 0.25) is 0 Å². The molecule has 1 aliphatic heterocycles. The van der Waals surface area contributed by atoms with Crippen molar-refractivity contribution >= 4 is 5.91 Å². The smallest absolute Gasteiger partial charge is 0.257 e. The fraction of sp³-hybridized carbons (Fsp3) is 0.556. The SMILES string of the molecule is N#CC1CN(C(=O)c2ccccc2OC2CC2)CCN1C1CC1. The first kappa shape index (κ1) is 14.5. The van der Waals surface area contributed by atoms with Crippen LogP contribution in [0.5, 0.6) is 5.75 Å². The Morgan fingerprint density at radius 1 is 1.17 bits per heavy atom.